The molecule has 0 aromatic carbocycles. The highest BCUT2D eigenvalue weighted by Gasteiger charge is 2.17. The summed E-state index contributed by atoms with van der Waals surface area (Å²) < 4.78 is 6.90. The summed E-state index contributed by atoms with van der Waals surface area (Å²) in [6.45, 7) is 1.78. The molecule has 0 aliphatic rings. The number of furan rings is 1. The largest absolute Gasteiger partial charge is 0.457 e. The van der Waals surface area contributed by atoms with Crippen LogP contribution >= 0.6 is 15.9 Å². The van der Waals surface area contributed by atoms with Crippen molar-refractivity contribution >= 4 is 33.3 Å². The van der Waals surface area contributed by atoms with E-state index in [0.29, 0.717) is 27.4 Å². The summed E-state index contributed by atoms with van der Waals surface area (Å²) in [5.41, 5.74) is 7.35. The monoisotopic (exact) mass is 298 g/mol. The number of nitrogens with one attached hydrogen (secondary N) is 1. The minimum absolute atomic E-state index is 0.305. The molecule has 0 fully saturated rings. The molecule has 2 aromatic rings. The average Bonchev–Trinajstić information content (AvgIpc) is 2.78. The summed E-state index contributed by atoms with van der Waals surface area (Å²) in [6.07, 6.45) is 1.43. The molecule has 7 heteroatoms. The van der Waals surface area contributed by atoms with Crippen molar-refractivity contribution in [2.75, 3.05) is 11.1 Å². The van der Waals surface area contributed by atoms with E-state index in [1.807, 2.05) is 0 Å². The molecule has 3 N–H and O–H groups in total. The normalized spacial score (nSPS) is 10.5. The van der Waals surface area contributed by atoms with Crippen LogP contribution in [-0.2, 0) is 7.05 Å². The van der Waals surface area contributed by atoms with Gasteiger partial charge < -0.3 is 15.5 Å². The lowest BCUT2D eigenvalue weighted by molar-refractivity contribution is 0.102. The molecular formula is C10H11BrN4O2. The molecule has 0 bridgehead atoms. The molecule has 0 aliphatic carbocycles. The summed E-state index contributed by atoms with van der Waals surface area (Å²) in [5, 5.41) is 6.80. The van der Waals surface area contributed by atoms with Crippen LogP contribution in [0.4, 0.5) is 11.5 Å². The number of nitrogen functional groups attached to an aromatic ring is 1. The first-order valence-electron chi connectivity index (χ1n) is 4.84. The van der Waals surface area contributed by atoms with Gasteiger partial charge in [0, 0.05) is 7.05 Å². The van der Waals surface area contributed by atoms with E-state index < -0.39 is 0 Å². The third kappa shape index (κ3) is 2.05. The molecule has 17 heavy (non-hydrogen) atoms. The van der Waals surface area contributed by atoms with Crippen molar-refractivity contribution < 1.29 is 9.21 Å². The van der Waals surface area contributed by atoms with Gasteiger partial charge in [0.25, 0.3) is 5.91 Å². The molecule has 2 aromatic heterocycles. The van der Waals surface area contributed by atoms with Crippen LogP contribution in [-0.4, -0.2) is 15.7 Å². The number of hydrogen-bond acceptors (Lipinski definition) is 4. The van der Waals surface area contributed by atoms with Gasteiger partial charge in [-0.25, -0.2) is 0 Å². The third-order valence-electron chi connectivity index (χ3n) is 2.36. The van der Waals surface area contributed by atoms with Crippen molar-refractivity contribution in [1.82, 2.24) is 9.78 Å². The Morgan fingerprint density at radius 1 is 1.65 bits per heavy atom. The number of halogens is 1. The quantitative estimate of drug-likeness (QED) is 0.887. The van der Waals surface area contributed by atoms with Gasteiger partial charge in [-0.3, -0.25) is 9.48 Å². The molecule has 0 spiro atoms. The fraction of sp³-hybridized carbons (Fsp3) is 0.200. The molecule has 0 aliphatic heterocycles. The second-order valence-electron chi connectivity index (χ2n) is 3.53. The Hall–Kier alpha value is -1.76. The molecule has 0 saturated heterocycles. The van der Waals surface area contributed by atoms with Crippen LogP contribution in [0.2, 0.25) is 0 Å². The number of nitrogens with two attached hydrogens (primary N) is 1. The van der Waals surface area contributed by atoms with Crippen LogP contribution < -0.4 is 11.1 Å². The fourth-order valence-corrected chi connectivity index (χ4v) is 1.87. The molecule has 2 heterocycles. The molecular weight excluding hydrogens is 288 g/mol. The van der Waals surface area contributed by atoms with Gasteiger partial charge in [0.1, 0.15) is 0 Å². The predicted octanol–water partition coefficient (Wildman–Crippen LogP) is 1.92. The average molecular weight is 299 g/mol. The summed E-state index contributed by atoms with van der Waals surface area (Å²) in [7, 11) is 1.71. The van der Waals surface area contributed by atoms with E-state index in [0.717, 1.165) is 0 Å². The standard InChI is InChI=1S/C10H11BrN4O2/c1-5-7(12)9(15(2)14-5)13-10(16)6-3-4-17-8(6)11/h3-4H,12H2,1-2H3,(H,13,16). The Bertz CT molecular complexity index is 573. The first kappa shape index (κ1) is 11.7. The minimum atomic E-state index is -0.305. The maximum atomic E-state index is 11.9. The van der Waals surface area contributed by atoms with E-state index in [-0.39, 0.29) is 5.91 Å². The Kier molecular flexibility index (Phi) is 2.93. The molecule has 2 rings (SSSR count). The smallest absolute Gasteiger partial charge is 0.261 e. The van der Waals surface area contributed by atoms with Crippen LogP contribution in [0.5, 0.6) is 0 Å². The molecule has 0 atom stereocenters. The van der Waals surface area contributed by atoms with Crippen molar-refractivity contribution in [3.63, 3.8) is 0 Å². The lowest BCUT2D eigenvalue weighted by Gasteiger charge is -2.05. The number of carbonyl (C=O) groups is 1. The lowest BCUT2D eigenvalue weighted by Crippen LogP contribution is -2.15. The minimum Gasteiger partial charge on any atom is -0.457 e. The Morgan fingerprint density at radius 3 is 2.82 bits per heavy atom. The highest BCUT2D eigenvalue weighted by Crippen LogP contribution is 2.23. The fourth-order valence-electron chi connectivity index (χ4n) is 1.45. The van der Waals surface area contributed by atoms with Crippen molar-refractivity contribution in [2.45, 2.75) is 6.92 Å². The highest BCUT2D eigenvalue weighted by molar-refractivity contribution is 9.10. The van der Waals surface area contributed by atoms with Crippen molar-refractivity contribution in [2.24, 2.45) is 7.05 Å². The zero-order chi connectivity index (χ0) is 12.6. The summed E-state index contributed by atoms with van der Waals surface area (Å²) in [4.78, 5) is 11.9. The van der Waals surface area contributed by atoms with Crippen LogP contribution in [0.15, 0.2) is 21.4 Å². The Balaban J connectivity index is 2.28. The van der Waals surface area contributed by atoms with Crippen LogP contribution in [0.1, 0.15) is 16.1 Å². The van der Waals surface area contributed by atoms with Gasteiger partial charge in [-0.05, 0) is 28.9 Å². The number of carbonyl (C=O) groups excluding carboxylic acids is 1. The van der Waals surface area contributed by atoms with E-state index in [9.17, 15) is 4.79 Å². The van der Waals surface area contributed by atoms with E-state index in [2.05, 4.69) is 26.3 Å². The zero-order valence-electron chi connectivity index (χ0n) is 9.32. The first-order valence-corrected chi connectivity index (χ1v) is 5.63. The molecule has 0 unspecified atom stereocenters. The van der Waals surface area contributed by atoms with Crippen LogP contribution in [0.25, 0.3) is 0 Å². The number of aryl methyl sites for hydroxylation is 2. The number of nitrogens with zero attached hydrogens (tertiary/aromatic N) is 2. The SMILES string of the molecule is Cc1nn(C)c(NC(=O)c2ccoc2Br)c1N. The number of amides is 1. The van der Waals surface area contributed by atoms with Gasteiger partial charge in [0.15, 0.2) is 10.5 Å². The molecule has 0 radical (unpaired) electrons. The number of hydrogen-bond donors (Lipinski definition) is 2. The maximum absolute atomic E-state index is 11.9. The summed E-state index contributed by atoms with van der Waals surface area (Å²) >= 11 is 3.14. The van der Waals surface area contributed by atoms with E-state index in [4.69, 9.17) is 10.2 Å². The van der Waals surface area contributed by atoms with E-state index in [1.54, 1.807) is 20.0 Å². The number of rotatable bonds is 2. The van der Waals surface area contributed by atoms with Gasteiger partial charge in [-0.2, -0.15) is 5.10 Å². The maximum Gasteiger partial charge on any atom is 0.261 e. The van der Waals surface area contributed by atoms with E-state index in [1.165, 1.54) is 10.9 Å². The van der Waals surface area contributed by atoms with Gasteiger partial charge >= 0.3 is 0 Å². The summed E-state index contributed by atoms with van der Waals surface area (Å²) in [6, 6.07) is 1.57. The number of aromatic nitrogens is 2. The van der Waals surface area contributed by atoms with Crippen molar-refractivity contribution in [1.29, 1.82) is 0 Å². The molecule has 90 valence electrons. The van der Waals surface area contributed by atoms with Gasteiger partial charge in [-0.15, -0.1) is 0 Å². The Labute approximate surface area is 106 Å². The van der Waals surface area contributed by atoms with Crippen LogP contribution in [0.3, 0.4) is 0 Å². The Morgan fingerprint density at radius 2 is 2.35 bits per heavy atom. The van der Waals surface area contributed by atoms with Gasteiger partial charge in [-0.1, -0.05) is 0 Å². The first-order chi connectivity index (χ1) is 8.00. The van der Waals surface area contributed by atoms with Gasteiger partial charge in [0.05, 0.1) is 23.2 Å². The molecule has 6 nitrogen and oxygen atoms in total. The summed E-state index contributed by atoms with van der Waals surface area (Å²) in [5.74, 6) is 0.168. The van der Waals surface area contributed by atoms with E-state index >= 15 is 0 Å². The number of anilines is 2. The topological polar surface area (TPSA) is 86.1 Å². The van der Waals surface area contributed by atoms with Crippen LogP contribution in [0, 0.1) is 6.92 Å². The van der Waals surface area contributed by atoms with Crippen molar-refractivity contribution in [3.05, 3.63) is 28.3 Å². The molecule has 0 saturated carbocycles. The molecule has 1 amide bonds. The zero-order valence-corrected chi connectivity index (χ0v) is 10.9. The van der Waals surface area contributed by atoms with Crippen molar-refractivity contribution in [3.8, 4) is 0 Å². The third-order valence-corrected chi connectivity index (χ3v) is 2.98. The second-order valence-corrected chi connectivity index (χ2v) is 4.25. The second kappa shape index (κ2) is 4.25. The predicted molar refractivity (Wildman–Crippen MR) is 66.7 cm³/mol. The highest BCUT2D eigenvalue weighted by atomic mass is 79.9. The lowest BCUT2D eigenvalue weighted by atomic mass is 10.3. The van der Waals surface area contributed by atoms with Gasteiger partial charge in [0.2, 0.25) is 0 Å².